The summed E-state index contributed by atoms with van der Waals surface area (Å²) in [4.78, 5) is 11.8. The lowest BCUT2D eigenvalue weighted by molar-refractivity contribution is -0.311. The molecule has 9 nitrogen and oxygen atoms in total. The molecular formula is C27H34O9. The zero-order valence-corrected chi connectivity index (χ0v) is 20.8. The van der Waals surface area contributed by atoms with Gasteiger partial charge in [-0.1, -0.05) is 30.3 Å². The number of ether oxygens (including phenoxy) is 7. The highest BCUT2D eigenvalue weighted by molar-refractivity contribution is 5.66. The van der Waals surface area contributed by atoms with Crippen molar-refractivity contribution < 1.29 is 43.1 Å². The predicted molar refractivity (Wildman–Crippen MR) is 131 cm³/mol. The van der Waals surface area contributed by atoms with Crippen molar-refractivity contribution in [2.75, 3.05) is 27.4 Å². The summed E-state index contributed by atoms with van der Waals surface area (Å²) in [5.41, 5.74) is 1.79. The third kappa shape index (κ3) is 7.78. The molecule has 1 heterocycles. The second-order valence-corrected chi connectivity index (χ2v) is 8.22. The standard InChI is InChI=1S/C27H34O9/c1-5-14-33-27-26(35-18(2)28)25(34-16-20-8-12-22(31-4)13-9-20)24(29)23(36-27)17-32-15-19-6-10-21(30-3)11-7-19/h5-13,23-27,29H,1,14-17H2,2-4H3/t23-,24+,25+,26-,27-/m1/s1. The highest BCUT2D eigenvalue weighted by atomic mass is 16.7. The first-order chi connectivity index (χ1) is 17.4. The molecule has 9 heteroatoms. The van der Waals surface area contributed by atoms with Gasteiger partial charge in [-0.2, -0.15) is 0 Å². The van der Waals surface area contributed by atoms with E-state index in [4.69, 9.17) is 33.2 Å². The van der Waals surface area contributed by atoms with Gasteiger partial charge in [-0.25, -0.2) is 0 Å². The number of carbonyl (C=O) groups excluding carboxylic acids is 1. The van der Waals surface area contributed by atoms with E-state index in [1.54, 1.807) is 20.3 Å². The van der Waals surface area contributed by atoms with E-state index >= 15 is 0 Å². The molecule has 1 N–H and O–H groups in total. The molecule has 1 saturated heterocycles. The SMILES string of the molecule is C=CCO[C@@H]1O[C@H](COCc2ccc(OC)cc2)[C@H](O)[C@H](OCc2ccc(OC)cc2)[C@H]1OC(C)=O. The summed E-state index contributed by atoms with van der Waals surface area (Å²) in [6.45, 7) is 5.63. The number of hydrogen-bond donors (Lipinski definition) is 1. The van der Waals surface area contributed by atoms with Crippen LogP contribution in [0.5, 0.6) is 11.5 Å². The molecule has 2 aromatic carbocycles. The largest absolute Gasteiger partial charge is 0.497 e. The molecule has 1 aliphatic rings. The molecule has 0 saturated carbocycles. The molecule has 1 aliphatic heterocycles. The van der Waals surface area contributed by atoms with Crippen LogP contribution < -0.4 is 9.47 Å². The second-order valence-electron chi connectivity index (χ2n) is 8.22. The van der Waals surface area contributed by atoms with Crippen LogP contribution in [0.2, 0.25) is 0 Å². The van der Waals surface area contributed by atoms with Gasteiger partial charge >= 0.3 is 5.97 Å². The zero-order chi connectivity index (χ0) is 25.9. The second kappa shape index (κ2) is 14.0. The number of methoxy groups -OCH3 is 2. The fourth-order valence-corrected chi connectivity index (χ4v) is 3.76. The molecule has 0 aromatic heterocycles. The Morgan fingerprint density at radius 1 is 0.944 bits per heavy atom. The van der Waals surface area contributed by atoms with Gasteiger partial charge in [0.15, 0.2) is 12.4 Å². The van der Waals surface area contributed by atoms with Gasteiger partial charge in [0.1, 0.15) is 29.8 Å². The number of carbonyl (C=O) groups is 1. The topological polar surface area (TPSA) is 102 Å². The Labute approximate surface area is 211 Å². The van der Waals surface area contributed by atoms with Gasteiger partial charge in [0, 0.05) is 6.92 Å². The van der Waals surface area contributed by atoms with Crippen molar-refractivity contribution >= 4 is 5.97 Å². The number of aliphatic hydroxyl groups is 1. The monoisotopic (exact) mass is 502 g/mol. The van der Waals surface area contributed by atoms with Crippen molar-refractivity contribution in [1.82, 2.24) is 0 Å². The smallest absolute Gasteiger partial charge is 0.303 e. The lowest BCUT2D eigenvalue weighted by atomic mass is 9.98. The Morgan fingerprint density at radius 2 is 1.53 bits per heavy atom. The molecule has 0 aliphatic carbocycles. The Hall–Kier alpha value is -2.95. The number of esters is 1. The van der Waals surface area contributed by atoms with Crippen LogP contribution in [-0.2, 0) is 41.7 Å². The quantitative estimate of drug-likeness (QED) is 0.327. The zero-order valence-electron chi connectivity index (χ0n) is 20.8. The van der Waals surface area contributed by atoms with Crippen LogP contribution in [0.25, 0.3) is 0 Å². The summed E-state index contributed by atoms with van der Waals surface area (Å²) < 4.78 is 39.4. The molecule has 2 aromatic rings. The van der Waals surface area contributed by atoms with E-state index in [2.05, 4.69) is 6.58 Å². The van der Waals surface area contributed by atoms with Crippen molar-refractivity contribution in [2.24, 2.45) is 0 Å². The molecule has 0 unspecified atom stereocenters. The van der Waals surface area contributed by atoms with Crippen molar-refractivity contribution in [3.05, 3.63) is 72.3 Å². The van der Waals surface area contributed by atoms with Crippen LogP contribution in [0.15, 0.2) is 61.2 Å². The minimum Gasteiger partial charge on any atom is -0.497 e. The molecule has 5 atom stereocenters. The molecule has 0 bridgehead atoms. The van der Waals surface area contributed by atoms with Gasteiger partial charge in [-0.3, -0.25) is 4.79 Å². The number of hydrogen-bond acceptors (Lipinski definition) is 9. The van der Waals surface area contributed by atoms with Crippen LogP contribution in [0.1, 0.15) is 18.1 Å². The maximum Gasteiger partial charge on any atom is 0.303 e. The van der Waals surface area contributed by atoms with Crippen molar-refractivity contribution in [3.8, 4) is 11.5 Å². The molecular weight excluding hydrogens is 468 g/mol. The van der Waals surface area contributed by atoms with Crippen LogP contribution in [-0.4, -0.2) is 69.2 Å². The van der Waals surface area contributed by atoms with E-state index in [-0.39, 0.29) is 19.8 Å². The fourth-order valence-electron chi connectivity index (χ4n) is 3.76. The summed E-state index contributed by atoms with van der Waals surface area (Å²) in [6, 6.07) is 14.8. The lowest BCUT2D eigenvalue weighted by Gasteiger charge is -2.43. The maximum atomic E-state index is 11.8. The summed E-state index contributed by atoms with van der Waals surface area (Å²) >= 11 is 0. The van der Waals surface area contributed by atoms with Gasteiger partial charge < -0.3 is 38.3 Å². The first-order valence-corrected chi connectivity index (χ1v) is 11.6. The van der Waals surface area contributed by atoms with Gasteiger partial charge in [-0.05, 0) is 35.4 Å². The van der Waals surface area contributed by atoms with E-state index in [0.29, 0.717) is 6.61 Å². The van der Waals surface area contributed by atoms with Crippen molar-refractivity contribution in [1.29, 1.82) is 0 Å². The Kier molecular flexibility index (Phi) is 10.7. The molecule has 0 spiro atoms. The fraction of sp³-hybridized carbons (Fsp3) is 0.444. The van der Waals surface area contributed by atoms with Gasteiger partial charge in [0.25, 0.3) is 0 Å². The van der Waals surface area contributed by atoms with Crippen molar-refractivity contribution in [3.63, 3.8) is 0 Å². The van der Waals surface area contributed by atoms with E-state index in [1.165, 1.54) is 6.92 Å². The first-order valence-electron chi connectivity index (χ1n) is 11.6. The van der Waals surface area contributed by atoms with Gasteiger partial charge in [0.05, 0.1) is 40.6 Å². The lowest BCUT2D eigenvalue weighted by Crippen LogP contribution is -2.61. The molecule has 0 radical (unpaired) electrons. The number of aliphatic hydroxyl groups excluding tert-OH is 1. The van der Waals surface area contributed by atoms with Crippen LogP contribution >= 0.6 is 0 Å². The normalized spacial score (nSPS) is 23.6. The third-order valence-corrected chi connectivity index (χ3v) is 5.61. The average molecular weight is 503 g/mol. The van der Waals surface area contributed by atoms with Crippen molar-refractivity contribution in [2.45, 2.75) is 50.8 Å². The molecule has 3 rings (SSSR count). The van der Waals surface area contributed by atoms with Crippen LogP contribution in [0, 0.1) is 0 Å². The molecule has 36 heavy (non-hydrogen) atoms. The maximum absolute atomic E-state index is 11.8. The van der Waals surface area contributed by atoms with Crippen LogP contribution in [0.3, 0.4) is 0 Å². The first kappa shape index (κ1) is 27.6. The minimum atomic E-state index is -1.15. The molecule has 196 valence electrons. The number of rotatable bonds is 13. The van der Waals surface area contributed by atoms with Gasteiger partial charge in [0.2, 0.25) is 0 Å². The molecule has 0 amide bonds. The average Bonchev–Trinajstić information content (AvgIpc) is 2.89. The van der Waals surface area contributed by atoms with Gasteiger partial charge in [-0.15, -0.1) is 6.58 Å². The van der Waals surface area contributed by atoms with E-state index < -0.39 is 36.7 Å². The highest BCUT2D eigenvalue weighted by Crippen LogP contribution is 2.28. The predicted octanol–water partition coefficient (Wildman–Crippen LogP) is 3.03. The van der Waals surface area contributed by atoms with Crippen LogP contribution in [0.4, 0.5) is 0 Å². The number of benzene rings is 2. The summed E-state index contributed by atoms with van der Waals surface area (Å²) in [6.07, 6.45) is -3.27. The van der Waals surface area contributed by atoms with E-state index in [1.807, 2.05) is 48.5 Å². The highest BCUT2D eigenvalue weighted by Gasteiger charge is 2.48. The Bertz CT molecular complexity index is 945. The summed E-state index contributed by atoms with van der Waals surface area (Å²) in [7, 11) is 3.20. The third-order valence-electron chi connectivity index (χ3n) is 5.61. The minimum absolute atomic E-state index is 0.0658. The molecule has 1 fully saturated rings. The summed E-state index contributed by atoms with van der Waals surface area (Å²) in [5, 5.41) is 11.1. The van der Waals surface area contributed by atoms with E-state index in [9.17, 15) is 9.90 Å². The summed E-state index contributed by atoms with van der Waals surface area (Å²) in [5.74, 6) is 0.921. The Morgan fingerprint density at radius 3 is 2.06 bits per heavy atom. The Balaban J connectivity index is 1.71. The van der Waals surface area contributed by atoms with E-state index in [0.717, 1.165) is 22.6 Å².